The van der Waals surface area contributed by atoms with Gasteiger partial charge in [0.15, 0.2) is 0 Å². The lowest BCUT2D eigenvalue weighted by atomic mass is 10.2. The summed E-state index contributed by atoms with van der Waals surface area (Å²) >= 11 is 1.75. The van der Waals surface area contributed by atoms with Gasteiger partial charge in [-0.05, 0) is 30.5 Å². The van der Waals surface area contributed by atoms with Crippen LogP contribution in [0.4, 0.5) is 5.82 Å². The number of pyridine rings is 1. The van der Waals surface area contributed by atoms with Crippen LogP contribution in [0.25, 0.3) is 0 Å². The van der Waals surface area contributed by atoms with Gasteiger partial charge in [-0.1, -0.05) is 6.07 Å². The molecule has 1 unspecified atom stereocenters. The van der Waals surface area contributed by atoms with Crippen molar-refractivity contribution in [3.63, 3.8) is 0 Å². The standard InChI is InChI=1S/C14H16N2O2S/c1-10(8-12-4-3-7-19-12)16(2)13-6-5-11(9-15-13)14(17)18/h3-7,9-10H,8H2,1-2H3,(H,17,18). The molecule has 0 bridgehead atoms. The minimum Gasteiger partial charge on any atom is -0.478 e. The van der Waals surface area contributed by atoms with Crippen LogP contribution in [0.15, 0.2) is 35.8 Å². The fourth-order valence-corrected chi connectivity index (χ4v) is 2.63. The van der Waals surface area contributed by atoms with Crippen LogP contribution in [0.5, 0.6) is 0 Å². The Morgan fingerprint density at radius 2 is 2.26 bits per heavy atom. The molecule has 0 radical (unpaired) electrons. The Balaban J connectivity index is 2.06. The largest absolute Gasteiger partial charge is 0.478 e. The van der Waals surface area contributed by atoms with E-state index in [1.54, 1.807) is 23.5 Å². The van der Waals surface area contributed by atoms with E-state index in [4.69, 9.17) is 5.11 Å². The monoisotopic (exact) mass is 276 g/mol. The Kier molecular flexibility index (Phi) is 4.16. The van der Waals surface area contributed by atoms with Gasteiger partial charge in [0.2, 0.25) is 0 Å². The summed E-state index contributed by atoms with van der Waals surface area (Å²) in [4.78, 5) is 18.4. The Hall–Kier alpha value is -1.88. The summed E-state index contributed by atoms with van der Waals surface area (Å²) < 4.78 is 0. The number of likely N-dealkylation sites (N-methyl/N-ethyl adjacent to an activating group) is 1. The van der Waals surface area contributed by atoms with Crippen molar-refractivity contribution in [3.8, 4) is 0 Å². The van der Waals surface area contributed by atoms with Gasteiger partial charge in [0, 0.05) is 30.6 Å². The Bertz CT molecular complexity index is 537. The molecule has 2 aromatic heterocycles. The molecule has 0 spiro atoms. The lowest BCUT2D eigenvalue weighted by Gasteiger charge is -2.25. The number of carboxylic acids is 1. The van der Waals surface area contributed by atoms with Gasteiger partial charge in [-0.25, -0.2) is 9.78 Å². The van der Waals surface area contributed by atoms with Gasteiger partial charge in [0.05, 0.1) is 5.56 Å². The van der Waals surface area contributed by atoms with Crippen LogP contribution >= 0.6 is 11.3 Å². The summed E-state index contributed by atoms with van der Waals surface area (Å²) in [7, 11) is 1.97. The van der Waals surface area contributed by atoms with Crippen molar-refractivity contribution in [3.05, 3.63) is 46.3 Å². The number of aromatic nitrogens is 1. The zero-order chi connectivity index (χ0) is 13.8. The molecule has 100 valence electrons. The predicted octanol–water partition coefficient (Wildman–Crippen LogP) is 2.91. The van der Waals surface area contributed by atoms with Crippen LogP contribution < -0.4 is 4.90 Å². The number of carbonyl (C=O) groups is 1. The minimum atomic E-state index is -0.951. The number of nitrogens with zero attached hydrogens (tertiary/aromatic N) is 2. The third-order valence-corrected chi connectivity index (χ3v) is 3.99. The van der Waals surface area contributed by atoms with E-state index in [2.05, 4.69) is 28.3 Å². The lowest BCUT2D eigenvalue weighted by molar-refractivity contribution is 0.0696. The van der Waals surface area contributed by atoms with Crippen LogP contribution in [0.2, 0.25) is 0 Å². The van der Waals surface area contributed by atoms with Crippen molar-refractivity contribution in [2.24, 2.45) is 0 Å². The van der Waals surface area contributed by atoms with Crippen molar-refractivity contribution in [2.45, 2.75) is 19.4 Å². The molecule has 0 aromatic carbocycles. The molecular formula is C14H16N2O2S. The van der Waals surface area contributed by atoms with E-state index in [9.17, 15) is 4.79 Å². The van der Waals surface area contributed by atoms with E-state index < -0.39 is 5.97 Å². The van der Waals surface area contributed by atoms with Gasteiger partial charge in [-0.3, -0.25) is 0 Å². The number of rotatable bonds is 5. The third-order valence-electron chi connectivity index (χ3n) is 3.09. The number of hydrogen-bond donors (Lipinski definition) is 1. The fraction of sp³-hybridized carbons (Fsp3) is 0.286. The zero-order valence-electron chi connectivity index (χ0n) is 10.9. The quantitative estimate of drug-likeness (QED) is 0.912. The van der Waals surface area contributed by atoms with E-state index in [1.165, 1.54) is 11.1 Å². The number of hydrogen-bond acceptors (Lipinski definition) is 4. The van der Waals surface area contributed by atoms with Gasteiger partial charge in [-0.15, -0.1) is 11.3 Å². The highest BCUT2D eigenvalue weighted by atomic mass is 32.1. The Morgan fingerprint density at radius 1 is 1.47 bits per heavy atom. The summed E-state index contributed by atoms with van der Waals surface area (Å²) in [5, 5.41) is 10.9. The van der Waals surface area contributed by atoms with Gasteiger partial charge in [0.25, 0.3) is 0 Å². The first-order chi connectivity index (χ1) is 9.08. The first kappa shape index (κ1) is 13.5. The van der Waals surface area contributed by atoms with Crippen molar-refractivity contribution < 1.29 is 9.90 Å². The molecule has 5 heteroatoms. The minimum absolute atomic E-state index is 0.211. The van der Waals surface area contributed by atoms with Gasteiger partial charge in [-0.2, -0.15) is 0 Å². The SMILES string of the molecule is CC(Cc1cccs1)N(C)c1ccc(C(=O)O)cn1. The lowest BCUT2D eigenvalue weighted by Crippen LogP contribution is -2.31. The summed E-state index contributed by atoms with van der Waals surface area (Å²) in [6.45, 7) is 2.13. The average Bonchev–Trinajstić information content (AvgIpc) is 2.90. The number of aromatic carboxylic acids is 1. The van der Waals surface area contributed by atoms with Crippen LogP contribution in [0.1, 0.15) is 22.2 Å². The molecule has 2 aromatic rings. The van der Waals surface area contributed by atoms with Crippen LogP contribution in [-0.4, -0.2) is 29.1 Å². The van der Waals surface area contributed by atoms with Crippen molar-refractivity contribution in [1.82, 2.24) is 4.98 Å². The molecule has 0 aliphatic rings. The third kappa shape index (κ3) is 3.32. The molecule has 1 atom stereocenters. The maximum absolute atomic E-state index is 10.8. The first-order valence-corrected chi connectivity index (χ1v) is 6.90. The number of thiophene rings is 1. The maximum atomic E-state index is 10.8. The zero-order valence-corrected chi connectivity index (χ0v) is 11.7. The molecule has 19 heavy (non-hydrogen) atoms. The molecule has 0 aliphatic heterocycles. The van der Waals surface area contributed by atoms with Crippen LogP contribution in [0, 0.1) is 0 Å². The van der Waals surface area contributed by atoms with E-state index in [0.29, 0.717) is 6.04 Å². The predicted molar refractivity (Wildman–Crippen MR) is 77.1 cm³/mol. The molecule has 0 amide bonds. The molecule has 2 heterocycles. The average molecular weight is 276 g/mol. The topological polar surface area (TPSA) is 53.4 Å². The van der Waals surface area contributed by atoms with E-state index in [-0.39, 0.29) is 5.56 Å². The number of carboxylic acid groups (broad SMARTS) is 1. The molecule has 4 nitrogen and oxygen atoms in total. The van der Waals surface area contributed by atoms with E-state index in [1.807, 2.05) is 13.1 Å². The van der Waals surface area contributed by atoms with Gasteiger partial charge >= 0.3 is 5.97 Å². The summed E-state index contributed by atoms with van der Waals surface area (Å²) in [5.74, 6) is -0.164. The molecule has 0 saturated carbocycles. The Morgan fingerprint density at radius 3 is 2.79 bits per heavy atom. The molecule has 2 rings (SSSR count). The second-order valence-electron chi connectivity index (χ2n) is 4.45. The van der Waals surface area contributed by atoms with Crippen LogP contribution in [0.3, 0.4) is 0 Å². The van der Waals surface area contributed by atoms with Gasteiger partial charge in [0.1, 0.15) is 5.82 Å². The first-order valence-electron chi connectivity index (χ1n) is 6.02. The summed E-state index contributed by atoms with van der Waals surface area (Å²) in [5.41, 5.74) is 0.211. The highest BCUT2D eigenvalue weighted by molar-refractivity contribution is 7.09. The van der Waals surface area contributed by atoms with E-state index in [0.717, 1.165) is 12.2 Å². The van der Waals surface area contributed by atoms with Crippen molar-refractivity contribution in [1.29, 1.82) is 0 Å². The van der Waals surface area contributed by atoms with Crippen LogP contribution in [-0.2, 0) is 6.42 Å². The number of anilines is 1. The fourth-order valence-electron chi connectivity index (χ4n) is 1.80. The van der Waals surface area contributed by atoms with Crippen molar-refractivity contribution in [2.75, 3.05) is 11.9 Å². The van der Waals surface area contributed by atoms with E-state index >= 15 is 0 Å². The molecule has 0 saturated heterocycles. The van der Waals surface area contributed by atoms with Crippen molar-refractivity contribution >= 4 is 23.1 Å². The molecule has 0 aliphatic carbocycles. The smallest absolute Gasteiger partial charge is 0.337 e. The molecule has 0 fully saturated rings. The molecular weight excluding hydrogens is 260 g/mol. The highest BCUT2D eigenvalue weighted by Gasteiger charge is 2.13. The van der Waals surface area contributed by atoms with Gasteiger partial charge < -0.3 is 10.0 Å². The summed E-state index contributed by atoms with van der Waals surface area (Å²) in [6.07, 6.45) is 2.35. The summed E-state index contributed by atoms with van der Waals surface area (Å²) in [6, 6.07) is 7.80. The second kappa shape index (κ2) is 5.84. The molecule has 1 N–H and O–H groups in total. The highest BCUT2D eigenvalue weighted by Crippen LogP contribution is 2.18. The second-order valence-corrected chi connectivity index (χ2v) is 5.49. The Labute approximate surface area is 116 Å². The normalized spacial score (nSPS) is 12.1. The maximum Gasteiger partial charge on any atom is 0.337 e.